The molecule has 3 N–H and O–H groups in total. The summed E-state index contributed by atoms with van der Waals surface area (Å²) in [6.07, 6.45) is 5.88. The van der Waals surface area contributed by atoms with Crippen LogP contribution >= 0.6 is 0 Å². The van der Waals surface area contributed by atoms with Gasteiger partial charge in [0.1, 0.15) is 22.9 Å². The minimum absolute atomic E-state index is 0.416. The number of anilines is 1. The van der Waals surface area contributed by atoms with Crippen LogP contribution in [0.25, 0.3) is 38.9 Å². The molecule has 0 aliphatic heterocycles. The zero-order chi connectivity index (χ0) is 21.7. The lowest BCUT2D eigenvalue weighted by Gasteiger charge is -2.34. The Morgan fingerprint density at radius 1 is 0.969 bits per heavy atom. The lowest BCUT2D eigenvalue weighted by Crippen LogP contribution is -2.38. The summed E-state index contributed by atoms with van der Waals surface area (Å²) in [6, 6.07) is 21.3. The van der Waals surface area contributed by atoms with Gasteiger partial charge in [0.25, 0.3) is 0 Å². The van der Waals surface area contributed by atoms with Crippen molar-refractivity contribution in [1.29, 1.82) is 0 Å². The van der Waals surface area contributed by atoms with E-state index in [0.29, 0.717) is 17.8 Å². The van der Waals surface area contributed by atoms with Crippen LogP contribution in [0.5, 0.6) is 0 Å². The second-order valence-corrected chi connectivity index (χ2v) is 8.47. The van der Waals surface area contributed by atoms with Gasteiger partial charge in [0.05, 0.1) is 11.2 Å². The zero-order valence-corrected chi connectivity index (χ0v) is 17.9. The SMILES string of the molecule is CNC1CC(c2nc(-c3ccc4ccc(-c5ccccc5)nc4c3)c3c(N)nccn23)C1. The van der Waals surface area contributed by atoms with E-state index in [9.17, 15) is 0 Å². The normalized spacial score (nSPS) is 18.2. The van der Waals surface area contributed by atoms with Crippen LogP contribution < -0.4 is 11.1 Å². The number of nitrogens with two attached hydrogens (primary N) is 1. The van der Waals surface area contributed by atoms with E-state index in [2.05, 4.69) is 57.2 Å². The molecular weight excluding hydrogens is 396 g/mol. The van der Waals surface area contributed by atoms with Gasteiger partial charge in [-0.15, -0.1) is 0 Å². The second kappa shape index (κ2) is 7.43. The van der Waals surface area contributed by atoms with Crippen LogP contribution in [0.3, 0.4) is 0 Å². The van der Waals surface area contributed by atoms with Crippen molar-refractivity contribution in [3.8, 4) is 22.5 Å². The fraction of sp³-hybridized carbons (Fsp3) is 0.192. The minimum atomic E-state index is 0.416. The summed E-state index contributed by atoms with van der Waals surface area (Å²) >= 11 is 0. The van der Waals surface area contributed by atoms with Crippen LogP contribution in [0.2, 0.25) is 0 Å². The minimum Gasteiger partial charge on any atom is -0.382 e. The number of nitrogens with one attached hydrogen (secondary N) is 1. The average molecular weight is 421 g/mol. The van der Waals surface area contributed by atoms with Gasteiger partial charge in [0.2, 0.25) is 0 Å². The van der Waals surface area contributed by atoms with E-state index in [1.165, 1.54) is 0 Å². The largest absolute Gasteiger partial charge is 0.382 e. The van der Waals surface area contributed by atoms with Crippen molar-refractivity contribution in [3.63, 3.8) is 0 Å². The summed E-state index contributed by atoms with van der Waals surface area (Å²) in [4.78, 5) is 14.4. The zero-order valence-electron chi connectivity index (χ0n) is 17.9. The molecule has 6 rings (SSSR count). The van der Waals surface area contributed by atoms with Gasteiger partial charge >= 0.3 is 0 Å². The maximum Gasteiger partial charge on any atom is 0.150 e. The van der Waals surface area contributed by atoms with Crippen LogP contribution in [-0.4, -0.2) is 32.4 Å². The van der Waals surface area contributed by atoms with Crippen molar-refractivity contribution in [2.24, 2.45) is 0 Å². The summed E-state index contributed by atoms with van der Waals surface area (Å²) in [5, 5.41) is 4.45. The molecule has 0 saturated heterocycles. The van der Waals surface area contributed by atoms with Gasteiger partial charge in [-0.3, -0.25) is 4.40 Å². The Hall–Kier alpha value is -3.77. The van der Waals surface area contributed by atoms with Crippen molar-refractivity contribution in [3.05, 3.63) is 78.9 Å². The third-order valence-corrected chi connectivity index (χ3v) is 6.56. The first kappa shape index (κ1) is 19.0. The van der Waals surface area contributed by atoms with E-state index in [0.717, 1.165) is 57.6 Å². The van der Waals surface area contributed by atoms with E-state index in [1.54, 1.807) is 6.20 Å². The van der Waals surface area contributed by atoms with E-state index in [1.807, 2.05) is 31.4 Å². The van der Waals surface area contributed by atoms with Crippen LogP contribution in [0.15, 0.2) is 73.1 Å². The highest BCUT2D eigenvalue weighted by Crippen LogP contribution is 2.39. The summed E-state index contributed by atoms with van der Waals surface area (Å²) in [6.45, 7) is 0. The van der Waals surface area contributed by atoms with E-state index in [4.69, 9.17) is 15.7 Å². The van der Waals surface area contributed by atoms with Crippen molar-refractivity contribution >= 4 is 22.2 Å². The highest BCUT2D eigenvalue weighted by atomic mass is 15.1. The lowest BCUT2D eigenvalue weighted by atomic mass is 9.80. The Labute approximate surface area is 186 Å². The molecule has 1 aliphatic carbocycles. The third-order valence-electron chi connectivity index (χ3n) is 6.56. The first-order chi connectivity index (χ1) is 15.7. The van der Waals surface area contributed by atoms with Crippen LogP contribution in [0.1, 0.15) is 24.6 Å². The first-order valence-corrected chi connectivity index (χ1v) is 11.0. The Bertz CT molecular complexity index is 1430. The standard InChI is InChI=1S/C26H24N6/c1-28-20-13-19(14-20)26-31-23(24-25(27)29-11-12-32(24)26)18-8-7-17-9-10-21(30-22(17)15-18)16-5-3-2-4-6-16/h2-12,15,19-20,28H,13-14H2,1H3,(H2,27,29). The maximum atomic E-state index is 6.33. The molecule has 3 aromatic heterocycles. The molecule has 1 saturated carbocycles. The number of rotatable bonds is 4. The Morgan fingerprint density at radius 2 is 1.78 bits per heavy atom. The van der Waals surface area contributed by atoms with E-state index < -0.39 is 0 Å². The van der Waals surface area contributed by atoms with Crippen molar-refractivity contribution in [2.75, 3.05) is 12.8 Å². The molecule has 0 atom stereocenters. The predicted molar refractivity (Wildman–Crippen MR) is 128 cm³/mol. The second-order valence-electron chi connectivity index (χ2n) is 8.47. The number of fused-ring (bicyclic) bond motifs is 2. The number of benzene rings is 2. The number of nitrogen functional groups attached to an aromatic ring is 1. The molecule has 0 spiro atoms. The summed E-state index contributed by atoms with van der Waals surface area (Å²) in [7, 11) is 2.02. The highest BCUT2D eigenvalue weighted by Gasteiger charge is 2.33. The molecule has 6 nitrogen and oxygen atoms in total. The van der Waals surface area contributed by atoms with Gasteiger partial charge in [-0.2, -0.15) is 0 Å². The molecule has 6 heteroatoms. The van der Waals surface area contributed by atoms with Crippen molar-refractivity contribution < 1.29 is 0 Å². The number of aromatic nitrogens is 4. The van der Waals surface area contributed by atoms with Crippen LogP contribution in [0, 0.1) is 0 Å². The first-order valence-electron chi connectivity index (χ1n) is 11.0. The van der Waals surface area contributed by atoms with Crippen molar-refractivity contribution in [1.82, 2.24) is 24.7 Å². The number of hydrogen-bond donors (Lipinski definition) is 2. The lowest BCUT2D eigenvalue weighted by molar-refractivity contribution is 0.296. The predicted octanol–water partition coefficient (Wildman–Crippen LogP) is 4.66. The maximum absolute atomic E-state index is 6.33. The van der Waals surface area contributed by atoms with E-state index in [-0.39, 0.29) is 0 Å². The number of imidazole rings is 1. The molecule has 158 valence electrons. The molecule has 32 heavy (non-hydrogen) atoms. The van der Waals surface area contributed by atoms with Gasteiger partial charge in [-0.1, -0.05) is 48.5 Å². The number of hydrogen-bond acceptors (Lipinski definition) is 5. The van der Waals surface area contributed by atoms with Gasteiger partial charge < -0.3 is 11.1 Å². The smallest absolute Gasteiger partial charge is 0.150 e. The van der Waals surface area contributed by atoms with Crippen LogP contribution in [-0.2, 0) is 0 Å². The molecule has 1 fully saturated rings. The van der Waals surface area contributed by atoms with Gasteiger partial charge in [0.15, 0.2) is 0 Å². The monoisotopic (exact) mass is 420 g/mol. The van der Waals surface area contributed by atoms with Gasteiger partial charge in [0, 0.05) is 40.9 Å². The number of pyridine rings is 1. The van der Waals surface area contributed by atoms with E-state index >= 15 is 0 Å². The number of nitrogens with zero attached hydrogens (tertiary/aromatic N) is 4. The molecule has 0 bridgehead atoms. The Balaban J connectivity index is 1.49. The highest BCUT2D eigenvalue weighted by molar-refractivity contribution is 5.91. The van der Waals surface area contributed by atoms with Crippen LogP contribution in [0.4, 0.5) is 5.82 Å². The molecule has 0 radical (unpaired) electrons. The molecule has 0 unspecified atom stereocenters. The fourth-order valence-corrected chi connectivity index (χ4v) is 4.67. The molecule has 2 aromatic carbocycles. The Kier molecular flexibility index (Phi) is 4.40. The van der Waals surface area contributed by atoms with Gasteiger partial charge in [-0.05, 0) is 32.0 Å². The molecule has 3 heterocycles. The summed E-state index contributed by atoms with van der Waals surface area (Å²) < 4.78 is 2.12. The quantitative estimate of drug-likeness (QED) is 0.442. The molecule has 5 aromatic rings. The molecular formula is C26H24N6. The van der Waals surface area contributed by atoms with Crippen molar-refractivity contribution in [2.45, 2.75) is 24.8 Å². The fourth-order valence-electron chi connectivity index (χ4n) is 4.67. The van der Waals surface area contributed by atoms with Gasteiger partial charge in [-0.25, -0.2) is 15.0 Å². The third kappa shape index (κ3) is 3.03. The Morgan fingerprint density at radius 3 is 2.59 bits per heavy atom. The average Bonchev–Trinajstić information content (AvgIpc) is 3.19. The molecule has 1 aliphatic rings. The molecule has 0 amide bonds. The summed E-state index contributed by atoms with van der Waals surface area (Å²) in [5.74, 6) is 1.97. The topological polar surface area (TPSA) is 81.1 Å². The summed E-state index contributed by atoms with van der Waals surface area (Å²) in [5.41, 5.74) is 12.1.